The summed E-state index contributed by atoms with van der Waals surface area (Å²) in [6.45, 7) is 6.44. The van der Waals surface area contributed by atoms with Crippen LogP contribution in [0, 0.1) is 16.7 Å². The molecule has 0 aromatic heterocycles. The summed E-state index contributed by atoms with van der Waals surface area (Å²) in [6, 6.07) is 11.4. The van der Waals surface area contributed by atoms with Crippen molar-refractivity contribution >= 4 is 5.97 Å². The van der Waals surface area contributed by atoms with Crippen LogP contribution < -0.4 is 0 Å². The molecule has 2 atom stereocenters. The van der Waals surface area contributed by atoms with Crippen molar-refractivity contribution in [3.8, 4) is 6.07 Å². The Balaban J connectivity index is 2.54. The SMILES string of the molecule is C=C1CN(C)[C@H](c2ccccc2)[C@@]1(C#N)C(=O)OCC. The largest absolute Gasteiger partial charge is 0.464 e. The van der Waals surface area contributed by atoms with Crippen molar-refractivity contribution in [1.29, 1.82) is 5.26 Å². The van der Waals surface area contributed by atoms with E-state index in [1.165, 1.54) is 0 Å². The van der Waals surface area contributed by atoms with Crippen molar-refractivity contribution in [2.75, 3.05) is 20.2 Å². The lowest BCUT2D eigenvalue weighted by atomic mass is 9.76. The highest BCUT2D eigenvalue weighted by Gasteiger charge is 2.56. The highest BCUT2D eigenvalue weighted by atomic mass is 16.5. The van der Waals surface area contributed by atoms with Crippen molar-refractivity contribution in [2.45, 2.75) is 13.0 Å². The topological polar surface area (TPSA) is 53.3 Å². The third-order valence-electron chi connectivity index (χ3n) is 3.74. The molecule has 1 heterocycles. The molecule has 0 unspecified atom stereocenters. The van der Waals surface area contributed by atoms with Crippen molar-refractivity contribution in [2.24, 2.45) is 5.41 Å². The predicted molar refractivity (Wildman–Crippen MR) is 75.6 cm³/mol. The molecule has 0 spiro atoms. The van der Waals surface area contributed by atoms with Crippen LogP contribution in [-0.4, -0.2) is 31.1 Å². The smallest absolute Gasteiger partial charge is 0.332 e. The van der Waals surface area contributed by atoms with Gasteiger partial charge in [0.2, 0.25) is 0 Å². The summed E-state index contributed by atoms with van der Waals surface area (Å²) < 4.78 is 5.14. The van der Waals surface area contributed by atoms with Gasteiger partial charge in [-0.3, -0.25) is 4.90 Å². The summed E-state index contributed by atoms with van der Waals surface area (Å²) in [5, 5.41) is 9.70. The van der Waals surface area contributed by atoms with Gasteiger partial charge in [0.25, 0.3) is 0 Å². The first-order valence-corrected chi connectivity index (χ1v) is 6.59. The summed E-state index contributed by atoms with van der Waals surface area (Å²) in [5.41, 5.74) is 0.185. The number of hydrogen-bond acceptors (Lipinski definition) is 4. The number of ether oxygens (including phenoxy) is 1. The van der Waals surface area contributed by atoms with Crippen LogP contribution in [0.2, 0.25) is 0 Å². The van der Waals surface area contributed by atoms with Crippen LogP contribution in [0.1, 0.15) is 18.5 Å². The molecule has 0 bridgehead atoms. The van der Waals surface area contributed by atoms with Gasteiger partial charge in [0.1, 0.15) is 0 Å². The molecule has 1 aliphatic rings. The van der Waals surface area contributed by atoms with Gasteiger partial charge < -0.3 is 4.74 Å². The van der Waals surface area contributed by atoms with Crippen molar-refractivity contribution in [1.82, 2.24) is 4.90 Å². The molecule has 1 aliphatic heterocycles. The zero-order chi connectivity index (χ0) is 14.8. The van der Waals surface area contributed by atoms with E-state index in [1.54, 1.807) is 6.92 Å². The van der Waals surface area contributed by atoms with E-state index in [0.29, 0.717) is 12.1 Å². The molecule has 0 aliphatic carbocycles. The van der Waals surface area contributed by atoms with Crippen molar-refractivity contribution in [3.05, 3.63) is 48.0 Å². The van der Waals surface area contributed by atoms with Gasteiger partial charge in [-0.05, 0) is 25.1 Å². The van der Waals surface area contributed by atoms with Gasteiger partial charge in [-0.15, -0.1) is 0 Å². The summed E-state index contributed by atoms with van der Waals surface area (Å²) in [4.78, 5) is 14.4. The molecule has 20 heavy (non-hydrogen) atoms. The predicted octanol–water partition coefficient (Wildman–Crippen LogP) is 2.30. The quantitative estimate of drug-likeness (QED) is 0.624. The normalized spacial score (nSPS) is 26.2. The molecule has 1 aromatic carbocycles. The summed E-state index contributed by atoms with van der Waals surface area (Å²) in [5.74, 6) is -0.509. The lowest BCUT2D eigenvalue weighted by Gasteiger charge is -2.30. The van der Waals surface area contributed by atoms with Gasteiger partial charge in [-0.2, -0.15) is 5.26 Å². The zero-order valence-corrected chi connectivity index (χ0v) is 11.8. The van der Waals surface area contributed by atoms with E-state index in [4.69, 9.17) is 4.74 Å². The summed E-state index contributed by atoms with van der Waals surface area (Å²) in [7, 11) is 1.89. The van der Waals surface area contributed by atoms with Crippen LogP contribution in [-0.2, 0) is 9.53 Å². The Morgan fingerprint density at radius 1 is 1.55 bits per heavy atom. The molecule has 1 fully saturated rings. The Morgan fingerprint density at radius 2 is 2.20 bits per heavy atom. The number of likely N-dealkylation sites (N-methyl/N-ethyl adjacent to an activating group) is 1. The second-order valence-corrected chi connectivity index (χ2v) is 4.97. The third kappa shape index (κ3) is 2.00. The van der Waals surface area contributed by atoms with E-state index in [2.05, 4.69) is 12.6 Å². The molecular weight excluding hydrogens is 252 g/mol. The fourth-order valence-electron chi connectivity index (χ4n) is 2.87. The minimum Gasteiger partial charge on any atom is -0.464 e. The lowest BCUT2D eigenvalue weighted by molar-refractivity contribution is -0.151. The number of carbonyl (C=O) groups is 1. The lowest BCUT2D eigenvalue weighted by Crippen LogP contribution is -2.38. The van der Waals surface area contributed by atoms with E-state index >= 15 is 0 Å². The summed E-state index contributed by atoms with van der Waals surface area (Å²) in [6.07, 6.45) is 0. The van der Waals surface area contributed by atoms with Crippen molar-refractivity contribution in [3.63, 3.8) is 0 Å². The fraction of sp³-hybridized carbons (Fsp3) is 0.375. The Kier molecular flexibility index (Phi) is 3.91. The van der Waals surface area contributed by atoms with Crippen LogP contribution in [0.15, 0.2) is 42.5 Å². The average Bonchev–Trinajstić information content (AvgIpc) is 2.71. The maximum Gasteiger partial charge on any atom is 0.332 e. The minimum absolute atomic E-state index is 0.251. The van der Waals surface area contributed by atoms with Crippen LogP contribution in [0.4, 0.5) is 0 Å². The molecule has 1 aromatic rings. The number of rotatable bonds is 3. The maximum absolute atomic E-state index is 12.4. The number of esters is 1. The Bertz CT molecular complexity index is 562. The molecule has 4 nitrogen and oxygen atoms in total. The average molecular weight is 270 g/mol. The number of carbonyl (C=O) groups excluding carboxylic acids is 1. The first-order valence-electron chi connectivity index (χ1n) is 6.59. The van der Waals surface area contributed by atoms with Gasteiger partial charge in [-0.25, -0.2) is 4.79 Å². The van der Waals surface area contributed by atoms with E-state index in [1.807, 2.05) is 42.3 Å². The van der Waals surface area contributed by atoms with Crippen molar-refractivity contribution < 1.29 is 9.53 Å². The van der Waals surface area contributed by atoms with Gasteiger partial charge in [0.15, 0.2) is 5.41 Å². The monoisotopic (exact) mass is 270 g/mol. The number of hydrogen-bond donors (Lipinski definition) is 0. The van der Waals surface area contributed by atoms with Gasteiger partial charge in [0, 0.05) is 6.54 Å². The summed E-state index contributed by atoms with van der Waals surface area (Å²) >= 11 is 0. The first-order chi connectivity index (χ1) is 9.57. The second kappa shape index (κ2) is 5.48. The number of likely N-dealkylation sites (tertiary alicyclic amines) is 1. The fourth-order valence-corrected chi connectivity index (χ4v) is 2.87. The molecule has 0 radical (unpaired) electrons. The molecule has 2 rings (SSSR count). The number of nitrogens with zero attached hydrogens (tertiary/aromatic N) is 2. The minimum atomic E-state index is -1.33. The van der Waals surface area contributed by atoms with Crippen LogP contribution in [0.25, 0.3) is 0 Å². The molecule has 4 heteroatoms. The first kappa shape index (κ1) is 14.3. The van der Waals surface area contributed by atoms with Gasteiger partial charge in [-0.1, -0.05) is 36.9 Å². The van der Waals surface area contributed by atoms with Gasteiger partial charge >= 0.3 is 5.97 Å². The number of nitriles is 1. The van der Waals surface area contributed by atoms with E-state index in [-0.39, 0.29) is 12.6 Å². The molecular formula is C16H18N2O2. The van der Waals surface area contributed by atoms with E-state index in [9.17, 15) is 10.1 Å². The Labute approximate surface area is 119 Å². The zero-order valence-electron chi connectivity index (χ0n) is 11.8. The van der Waals surface area contributed by atoms with Crippen LogP contribution in [0.5, 0.6) is 0 Å². The van der Waals surface area contributed by atoms with E-state index in [0.717, 1.165) is 5.56 Å². The van der Waals surface area contributed by atoms with Gasteiger partial charge in [0.05, 0.1) is 18.7 Å². The number of benzene rings is 1. The second-order valence-electron chi connectivity index (χ2n) is 4.97. The Hall–Kier alpha value is -2.12. The molecule has 1 saturated heterocycles. The third-order valence-corrected chi connectivity index (χ3v) is 3.74. The molecule has 0 N–H and O–H groups in total. The molecule has 0 saturated carbocycles. The Morgan fingerprint density at radius 3 is 2.75 bits per heavy atom. The highest BCUT2D eigenvalue weighted by Crippen LogP contribution is 2.49. The standard InChI is InChI=1S/C16H18N2O2/c1-4-20-15(19)16(11-17)12(2)10-18(3)14(16)13-8-6-5-7-9-13/h5-9,14H,2,4,10H2,1,3H3/t14-,16+/m1/s1. The van der Waals surface area contributed by atoms with Crippen LogP contribution in [0.3, 0.4) is 0 Å². The molecule has 104 valence electrons. The van der Waals surface area contributed by atoms with E-state index < -0.39 is 11.4 Å². The highest BCUT2D eigenvalue weighted by molar-refractivity contribution is 5.86. The molecule has 0 amide bonds. The maximum atomic E-state index is 12.4. The van der Waals surface area contributed by atoms with Crippen LogP contribution >= 0.6 is 0 Å².